The average molecular weight is 376 g/mol. The van der Waals surface area contributed by atoms with Crippen LogP contribution in [0.2, 0.25) is 0 Å². The number of pyridine rings is 1. The summed E-state index contributed by atoms with van der Waals surface area (Å²) in [5.74, 6) is -0.00442. The van der Waals surface area contributed by atoms with Crippen LogP contribution in [0.3, 0.4) is 0 Å². The predicted octanol–water partition coefficient (Wildman–Crippen LogP) is 2.37. The molecule has 1 saturated heterocycles. The summed E-state index contributed by atoms with van der Waals surface area (Å²) < 4.78 is 1.69. The van der Waals surface area contributed by atoms with Crippen LogP contribution in [-0.4, -0.2) is 49.7 Å². The zero-order chi connectivity index (χ0) is 19.3. The lowest BCUT2D eigenvalue weighted by atomic mass is 10.0. The molecule has 1 aliphatic rings. The molecule has 28 heavy (non-hydrogen) atoms. The Labute approximate surface area is 164 Å². The molecule has 0 radical (unpaired) electrons. The van der Waals surface area contributed by atoms with E-state index in [2.05, 4.69) is 37.4 Å². The Morgan fingerprint density at radius 2 is 1.93 bits per heavy atom. The molecule has 2 aromatic heterocycles. The third kappa shape index (κ3) is 4.26. The third-order valence-corrected chi connectivity index (χ3v) is 5.22. The Hall–Kier alpha value is -3.06. The van der Waals surface area contributed by atoms with Crippen molar-refractivity contribution in [3.63, 3.8) is 0 Å². The van der Waals surface area contributed by atoms with E-state index in [1.807, 2.05) is 37.5 Å². The average Bonchev–Trinajstić information content (AvgIpc) is 3.25. The topological polar surface area (TPSA) is 75.9 Å². The number of carbonyl (C=O) groups excluding carboxylic acids is 1. The number of rotatable bonds is 5. The fraction of sp³-hybridized carbons (Fsp3) is 0.333. The van der Waals surface area contributed by atoms with Crippen LogP contribution >= 0.6 is 0 Å². The van der Waals surface area contributed by atoms with Gasteiger partial charge in [-0.1, -0.05) is 0 Å². The van der Waals surface area contributed by atoms with Crippen molar-refractivity contribution in [2.45, 2.75) is 32.4 Å². The lowest BCUT2D eigenvalue weighted by Gasteiger charge is -2.32. The molecule has 0 saturated carbocycles. The SMILES string of the molecule is Cc1cc(-n2cncn2)ccc1C(=O)NC1CCN(Cc2ccncc2)CC1. The van der Waals surface area contributed by atoms with Crippen LogP contribution in [0.15, 0.2) is 55.4 Å². The zero-order valence-electron chi connectivity index (χ0n) is 16.0. The van der Waals surface area contributed by atoms with E-state index in [4.69, 9.17) is 0 Å². The lowest BCUT2D eigenvalue weighted by molar-refractivity contribution is 0.0908. The molecule has 1 N–H and O–H groups in total. The zero-order valence-corrected chi connectivity index (χ0v) is 16.0. The number of piperidine rings is 1. The summed E-state index contributed by atoms with van der Waals surface area (Å²) in [5, 5.41) is 7.33. The molecule has 1 amide bonds. The fourth-order valence-corrected chi connectivity index (χ4v) is 3.63. The van der Waals surface area contributed by atoms with Crippen molar-refractivity contribution in [3.8, 4) is 5.69 Å². The third-order valence-electron chi connectivity index (χ3n) is 5.22. The molecule has 1 aliphatic heterocycles. The molecule has 1 aromatic carbocycles. The lowest BCUT2D eigenvalue weighted by Crippen LogP contribution is -2.44. The Bertz CT molecular complexity index is 917. The van der Waals surface area contributed by atoms with Crippen molar-refractivity contribution in [1.82, 2.24) is 30.0 Å². The number of hydrogen-bond donors (Lipinski definition) is 1. The number of amides is 1. The maximum atomic E-state index is 12.7. The summed E-state index contributed by atoms with van der Waals surface area (Å²) in [5.41, 5.74) is 3.82. The van der Waals surface area contributed by atoms with E-state index in [9.17, 15) is 4.79 Å². The molecular formula is C21H24N6O. The first kappa shape index (κ1) is 18.3. The normalized spacial score (nSPS) is 15.5. The number of benzene rings is 1. The maximum absolute atomic E-state index is 12.7. The van der Waals surface area contributed by atoms with Crippen molar-refractivity contribution in [3.05, 3.63) is 72.1 Å². The van der Waals surface area contributed by atoms with Crippen LogP contribution in [0.25, 0.3) is 5.69 Å². The van der Waals surface area contributed by atoms with Crippen molar-refractivity contribution in [1.29, 1.82) is 0 Å². The molecule has 7 heteroatoms. The number of nitrogens with one attached hydrogen (secondary N) is 1. The summed E-state index contributed by atoms with van der Waals surface area (Å²) >= 11 is 0. The fourth-order valence-electron chi connectivity index (χ4n) is 3.63. The minimum Gasteiger partial charge on any atom is -0.349 e. The van der Waals surface area contributed by atoms with Gasteiger partial charge < -0.3 is 5.32 Å². The second-order valence-corrected chi connectivity index (χ2v) is 7.22. The van der Waals surface area contributed by atoms with E-state index in [1.54, 1.807) is 11.0 Å². The highest BCUT2D eigenvalue weighted by atomic mass is 16.1. The molecule has 0 bridgehead atoms. The minimum absolute atomic E-state index is 0.00442. The van der Waals surface area contributed by atoms with Crippen LogP contribution < -0.4 is 5.32 Å². The molecule has 0 atom stereocenters. The van der Waals surface area contributed by atoms with Gasteiger partial charge in [-0.2, -0.15) is 5.10 Å². The Morgan fingerprint density at radius 1 is 1.14 bits per heavy atom. The summed E-state index contributed by atoms with van der Waals surface area (Å²) in [6, 6.07) is 10.0. The largest absolute Gasteiger partial charge is 0.349 e. The van der Waals surface area contributed by atoms with Crippen LogP contribution in [-0.2, 0) is 6.54 Å². The first-order valence-corrected chi connectivity index (χ1v) is 9.57. The van der Waals surface area contributed by atoms with Gasteiger partial charge in [0.25, 0.3) is 5.91 Å². The van der Waals surface area contributed by atoms with Crippen molar-refractivity contribution < 1.29 is 4.79 Å². The van der Waals surface area contributed by atoms with Gasteiger partial charge in [0.1, 0.15) is 12.7 Å². The summed E-state index contributed by atoms with van der Waals surface area (Å²) in [4.78, 5) is 23.2. The smallest absolute Gasteiger partial charge is 0.251 e. The molecule has 4 rings (SSSR count). The molecule has 3 heterocycles. The molecular weight excluding hydrogens is 352 g/mol. The monoisotopic (exact) mass is 376 g/mol. The quantitative estimate of drug-likeness (QED) is 0.740. The van der Waals surface area contributed by atoms with Gasteiger partial charge in [-0.15, -0.1) is 0 Å². The Balaban J connectivity index is 1.32. The second kappa shape index (κ2) is 8.31. The predicted molar refractivity (Wildman–Crippen MR) is 106 cm³/mol. The van der Waals surface area contributed by atoms with E-state index < -0.39 is 0 Å². The number of aryl methyl sites for hydroxylation is 1. The van der Waals surface area contributed by atoms with Gasteiger partial charge in [0.15, 0.2) is 0 Å². The standard InChI is InChI=1S/C21H24N6O/c1-16-12-19(27-15-23-14-24-27)2-3-20(16)21(28)25-18-6-10-26(11-7-18)13-17-4-8-22-9-5-17/h2-5,8-9,12,14-15,18H,6-7,10-11,13H2,1H3,(H,25,28). The van der Waals surface area contributed by atoms with E-state index in [-0.39, 0.29) is 11.9 Å². The van der Waals surface area contributed by atoms with Gasteiger partial charge >= 0.3 is 0 Å². The van der Waals surface area contributed by atoms with Crippen LogP contribution in [0.1, 0.15) is 34.3 Å². The van der Waals surface area contributed by atoms with Crippen molar-refractivity contribution in [2.24, 2.45) is 0 Å². The van der Waals surface area contributed by atoms with Crippen LogP contribution in [0, 0.1) is 6.92 Å². The van der Waals surface area contributed by atoms with Crippen LogP contribution in [0.5, 0.6) is 0 Å². The van der Waals surface area contributed by atoms with E-state index in [0.717, 1.165) is 43.7 Å². The molecule has 0 aliphatic carbocycles. The van der Waals surface area contributed by atoms with E-state index in [1.165, 1.54) is 11.9 Å². The first-order chi connectivity index (χ1) is 13.7. The molecule has 144 valence electrons. The van der Waals surface area contributed by atoms with E-state index >= 15 is 0 Å². The Morgan fingerprint density at radius 3 is 2.61 bits per heavy atom. The molecule has 3 aromatic rings. The minimum atomic E-state index is -0.00442. The number of likely N-dealkylation sites (tertiary alicyclic amines) is 1. The van der Waals surface area contributed by atoms with Gasteiger partial charge in [-0.05, 0) is 61.2 Å². The highest BCUT2D eigenvalue weighted by Crippen LogP contribution is 2.17. The number of aromatic nitrogens is 4. The number of carbonyl (C=O) groups is 1. The molecule has 0 unspecified atom stereocenters. The van der Waals surface area contributed by atoms with E-state index in [0.29, 0.717) is 5.56 Å². The number of hydrogen-bond acceptors (Lipinski definition) is 5. The highest BCUT2D eigenvalue weighted by Gasteiger charge is 2.22. The van der Waals surface area contributed by atoms with Gasteiger partial charge in [0, 0.05) is 43.6 Å². The summed E-state index contributed by atoms with van der Waals surface area (Å²) in [6.07, 6.45) is 8.74. The number of nitrogens with zero attached hydrogens (tertiary/aromatic N) is 5. The van der Waals surface area contributed by atoms with Gasteiger partial charge in [-0.3, -0.25) is 14.7 Å². The first-order valence-electron chi connectivity index (χ1n) is 9.57. The highest BCUT2D eigenvalue weighted by molar-refractivity contribution is 5.96. The van der Waals surface area contributed by atoms with Gasteiger partial charge in [0.05, 0.1) is 5.69 Å². The Kier molecular flexibility index (Phi) is 5.43. The van der Waals surface area contributed by atoms with Gasteiger partial charge in [0.2, 0.25) is 0 Å². The molecule has 0 spiro atoms. The molecule has 1 fully saturated rings. The van der Waals surface area contributed by atoms with Crippen LogP contribution in [0.4, 0.5) is 0 Å². The maximum Gasteiger partial charge on any atom is 0.251 e. The summed E-state index contributed by atoms with van der Waals surface area (Å²) in [6.45, 7) is 4.85. The summed E-state index contributed by atoms with van der Waals surface area (Å²) in [7, 11) is 0. The van der Waals surface area contributed by atoms with Gasteiger partial charge in [-0.25, -0.2) is 9.67 Å². The second-order valence-electron chi connectivity index (χ2n) is 7.22. The van der Waals surface area contributed by atoms with Crippen molar-refractivity contribution >= 4 is 5.91 Å². The van der Waals surface area contributed by atoms with Crippen molar-refractivity contribution in [2.75, 3.05) is 13.1 Å². The molecule has 7 nitrogen and oxygen atoms in total.